The topological polar surface area (TPSA) is 138 Å². The van der Waals surface area contributed by atoms with Gasteiger partial charge >= 0.3 is 5.97 Å². The fraction of sp³-hybridized carbons (Fsp3) is 0.0769. The number of aromatic hydroxyl groups is 1. The lowest BCUT2D eigenvalue weighted by atomic mass is 10.0. The van der Waals surface area contributed by atoms with Crippen molar-refractivity contribution in [3.8, 4) is 11.5 Å². The summed E-state index contributed by atoms with van der Waals surface area (Å²) in [6.45, 7) is 0. The second kappa shape index (κ2) is 9.52. The van der Waals surface area contributed by atoms with Crippen LogP contribution in [0.4, 0.5) is 22.7 Å². The van der Waals surface area contributed by atoms with Crippen LogP contribution in [0.5, 0.6) is 11.5 Å². The molecule has 0 saturated heterocycles. The number of hydrogen-bond donors (Lipinski definition) is 3. The van der Waals surface area contributed by atoms with E-state index in [1.165, 1.54) is 24.3 Å². The number of carboxylic acids is 1. The molecule has 0 heterocycles. The van der Waals surface area contributed by atoms with Gasteiger partial charge in [0.05, 0.1) is 22.7 Å². The van der Waals surface area contributed by atoms with Crippen LogP contribution in [-0.4, -0.2) is 36.2 Å². The monoisotopic (exact) mass is 469 g/mol. The molecular formula is C26H21N4O5-. The number of carbonyl (C=O) groups excluding carboxylic acids is 1. The van der Waals surface area contributed by atoms with Crippen LogP contribution in [0.2, 0.25) is 0 Å². The van der Waals surface area contributed by atoms with Crippen LogP contribution in [0.1, 0.15) is 20.7 Å². The van der Waals surface area contributed by atoms with Gasteiger partial charge in [-0.05, 0) is 41.8 Å². The predicted octanol–water partition coefficient (Wildman–Crippen LogP) is 5.05. The number of nitrogens with zero attached hydrogens (tertiary/aromatic N) is 3. The number of carbonyl (C=O) groups is 2. The molecule has 4 rings (SSSR count). The van der Waals surface area contributed by atoms with E-state index in [0.717, 1.165) is 5.69 Å². The fourth-order valence-electron chi connectivity index (χ4n) is 3.61. The standard InChI is InChI=1S/C26H22N4O5/c1-30(2)22-10-6-5-9-20(22)27-25(33)19-14-21(16-7-3-4-8-17(16)24(19)32)29-28-15-11-12-23(31)18(13-15)26(34)35/h3-14,31-32H,1-2H3,(H,27,33)(H,34,35)/p-1. The summed E-state index contributed by atoms with van der Waals surface area (Å²) in [6.07, 6.45) is 0. The molecule has 4 aromatic rings. The molecule has 1 amide bonds. The lowest BCUT2D eigenvalue weighted by molar-refractivity contribution is -0.266. The summed E-state index contributed by atoms with van der Waals surface area (Å²) in [5, 5.41) is 43.9. The lowest BCUT2D eigenvalue weighted by Crippen LogP contribution is -2.18. The maximum absolute atomic E-state index is 13.1. The summed E-state index contributed by atoms with van der Waals surface area (Å²) < 4.78 is 0. The maximum Gasteiger partial charge on any atom is 0.339 e. The number of fused-ring (bicyclic) bond motifs is 1. The number of azo groups is 1. The van der Waals surface area contributed by atoms with Crippen molar-refractivity contribution in [1.82, 2.24) is 0 Å². The molecule has 0 saturated carbocycles. The Bertz CT molecular complexity index is 1480. The minimum atomic E-state index is -1.31. The molecule has 0 aliphatic carbocycles. The molecule has 0 atom stereocenters. The Morgan fingerprint density at radius 1 is 0.886 bits per heavy atom. The molecule has 4 aromatic carbocycles. The second-order valence-electron chi connectivity index (χ2n) is 7.89. The fourth-order valence-corrected chi connectivity index (χ4v) is 3.61. The summed E-state index contributed by atoms with van der Waals surface area (Å²) in [5.74, 6) is -2.74. The van der Waals surface area contributed by atoms with E-state index >= 15 is 0 Å². The molecule has 0 aromatic heterocycles. The molecule has 0 aliphatic rings. The molecule has 0 fully saturated rings. The first-order valence-corrected chi connectivity index (χ1v) is 10.5. The molecule has 9 nitrogen and oxygen atoms in total. The number of amides is 1. The summed E-state index contributed by atoms with van der Waals surface area (Å²) in [4.78, 5) is 26.3. The normalized spacial score (nSPS) is 11.0. The first kappa shape index (κ1) is 23.2. The number of phenols is 1. The van der Waals surface area contributed by atoms with Gasteiger partial charge in [0.15, 0.2) is 0 Å². The van der Waals surface area contributed by atoms with E-state index in [-0.39, 0.29) is 22.5 Å². The van der Waals surface area contributed by atoms with Gasteiger partial charge in [0.2, 0.25) is 0 Å². The van der Waals surface area contributed by atoms with Crippen molar-refractivity contribution in [3.63, 3.8) is 0 Å². The molecular weight excluding hydrogens is 448 g/mol. The van der Waals surface area contributed by atoms with Gasteiger partial charge in [0.25, 0.3) is 5.91 Å². The second-order valence-corrected chi connectivity index (χ2v) is 7.89. The minimum Gasteiger partial charge on any atom is -0.872 e. The van der Waals surface area contributed by atoms with Crippen LogP contribution in [0.25, 0.3) is 10.8 Å². The minimum absolute atomic E-state index is 0.108. The maximum atomic E-state index is 13.1. The first-order chi connectivity index (χ1) is 16.8. The van der Waals surface area contributed by atoms with Gasteiger partial charge in [-0.3, -0.25) is 4.79 Å². The molecule has 0 radical (unpaired) electrons. The number of hydrogen-bond acceptors (Lipinski definition) is 7. The Kier molecular flexibility index (Phi) is 6.32. The zero-order chi connectivity index (χ0) is 25.1. The highest BCUT2D eigenvalue weighted by Gasteiger charge is 2.15. The van der Waals surface area contributed by atoms with Crippen LogP contribution in [0.15, 0.2) is 83.0 Å². The third-order valence-corrected chi connectivity index (χ3v) is 5.34. The lowest BCUT2D eigenvalue weighted by Gasteiger charge is -2.20. The Labute approximate surface area is 200 Å². The van der Waals surface area contributed by atoms with E-state index in [1.807, 2.05) is 31.1 Å². The van der Waals surface area contributed by atoms with E-state index in [1.54, 1.807) is 36.4 Å². The van der Waals surface area contributed by atoms with Crippen LogP contribution >= 0.6 is 0 Å². The van der Waals surface area contributed by atoms with Crippen LogP contribution in [0.3, 0.4) is 0 Å². The van der Waals surface area contributed by atoms with Gasteiger partial charge in [-0.1, -0.05) is 42.1 Å². The quantitative estimate of drug-likeness (QED) is 0.338. The molecule has 3 N–H and O–H groups in total. The van der Waals surface area contributed by atoms with E-state index in [2.05, 4.69) is 15.5 Å². The third kappa shape index (κ3) is 4.74. The van der Waals surface area contributed by atoms with Crippen molar-refractivity contribution < 1.29 is 24.9 Å². The molecule has 35 heavy (non-hydrogen) atoms. The van der Waals surface area contributed by atoms with Crippen molar-refractivity contribution in [3.05, 3.63) is 83.9 Å². The number of nitrogens with one attached hydrogen (secondary N) is 1. The smallest absolute Gasteiger partial charge is 0.339 e. The Balaban J connectivity index is 1.77. The average molecular weight is 469 g/mol. The Morgan fingerprint density at radius 2 is 1.57 bits per heavy atom. The van der Waals surface area contributed by atoms with Gasteiger partial charge in [-0.15, -0.1) is 5.11 Å². The van der Waals surface area contributed by atoms with E-state index in [4.69, 9.17) is 0 Å². The third-order valence-electron chi connectivity index (χ3n) is 5.34. The van der Waals surface area contributed by atoms with Gasteiger partial charge in [0, 0.05) is 25.0 Å². The van der Waals surface area contributed by atoms with E-state index < -0.39 is 23.4 Å². The molecule has 0 unspecified atom stereocenters. The number of anilines is 2. The van der Waals surface area contributed by atoms with Crippen molar-refractivity contribution in [2.24, 2.45) is 10.2 Å². The molecule has 0 aliphatic heterocycles. The van der Waals surface area contributed by atoms with E-state index in [9.17, 15) is 24.9 Å². The molecule has 176 valence electrons. The highest BCUT2D eigenvalue weighted by Crippen LogP contribution is 2.36. The van der Waals surface area contributed by atoms with Crippen LogP contribution in [-0.2, 0) is 0 Å². The molecule has 0 bridgehead atoms. The highest BCUT2D eigenvalue weighted by atomic mass is 16.4. The van der Waals surface area contributed by atoms with Crippen molar-refractivity contribution in [1.29, 1.82) is 0 Å². The van der Waals surface area contributed by atoms with E-state index in [0.29, 0.717) is 16.5 Å². The predicted molar refractivity (Wildman–Crippen MR) is 131 cm³/mol. The van der Waals surface area contributed by atoms with Crippen molar-refractivity contribution in [2.45, 2.75) is 0 Å². The highest BCUT2D eigenvalue weighted by molar-refractivity contribution is 6.13. The number of rotatable bonds is 6. The number of para-hydroxylation sites is 2. The SMILES string of the molecule is CN(C)c1ccccc1NC(=O)c1cc(N=Nc2ccc(O)c(C(=O)O)c2)c2ccccc2c1[O-]. The zero-order valence-corrected chi connectivity index (χ0v) is 18.9. The van der Waals surface area contributed by atoms with Crippen LogP contribution in [0, 0.1) is 0 Å². The summed E-state index contributed by atoms with van der Waals surface area (Å²) in [6, 6.07) is 19.1. The Morgan fingerprint density at radius 3 is 2.29 bits per heavy atom. The van der Waals surface area contributed by atoms with Gasteiger partial charge < -0.3 is 25.5 Å². The average Bonchev–Trinajstić information content (AvgIpc) is 2.84. The largest absolute Gasteiger partial charge is 0.872 e. The van der Waals surface area contributed by atoms with Crippen molar-refractivity contribution in [2.75, 3.05) is 24.3 Å². The molecule has 0 spiro atoms. The Hall–Kier alpha value is -4.92. The first-order valence-electron chi connectivity index (χ1n) is 10.5. The summed E-state index contributed by atoms with van der Waals surface area (Å²) in [5.41, 5.74) is 1.33. The van der Waals surface area contributed by atoms with Gasteiger partial charge in [0.1, 0.15) is 11.3 Å². The van der Waals surface area contributed by atoms with Gasteiger partial charge in [-0.25, -0.2) is 4.79 Å². The molecule has 9 heteroatoms. The number of aromatic carboxylic acids is 1. The summed E-state index contributed by atoms with van der Waals surface area (Å²) in [7, 11) is 3.69. The van der Waals surface area contributed by atoms with Crippen LogP contribution < -0.4 is 15.3 Å². The van der Waals surface area contributed by atoms with Gasteiger partial charge in [-0.2, -0.15) is 5.11 Å². The number of carboxylic acid groups (broad SMARTS) is 1. The van der Waals surface area contributed by atoms with Crippen molar-refractivity contribution >= 4 is 45.4 Å². The number of benzene rings is 4. The zero-order valence-electron chi connectivity index (χ0n) is 18.9. The summed E-state index contributed by atoms with van der Waals surface area (Å²) >= 11 is 0.